The Hall–Kier alpha value is -2.83. The SMILES string of the molecule is Cc1ccc(COc2ccc(Br)cc2/C=C2\SC(=Nc3ccccc3)NC2=O)cc1. The predicted octanol–water partition coefficient (Wildman–Crippen LogP) is 6.23. The second-order valence-electron chi connectivity index (χ2n) is 6.77. The molecule has 4 nitrogen and oxygen atoms in total. The van der Waals surface area contributed by atoms with Crippen molar-refractivity contribution in [1.29, 1.82) is 0 Å². The first-order chi connectivity index (χ1) is 14.6. The molecule has 1 aliphatic rings. The van der Waals surface area contributed by atoms with Crippen molar-refractivity contribution in [3.8, 4) is 5.75 Å². The molecule has 0 radical (unpaired) electrons. The van der Waals surface area contributed by atoms with E-state index in [0.29, 0.717) is 22.4 Å². The van der Waals surface area contributed by atoms with Gasteiger partial charge in [0, 0.05) is 10.0 Å². The molecule has 3 aromatic rings. The summed E-state index contributed by atoms with van der Waals surface area (Å²) in [5.74, 6) is 0.548. The van der Waals surface area contributed by atoms with Crippen LogP contribution in [-0.4, -0.2) is 11.1 Å². The van der Waals surface area contributed by atoms with Crippen molar-refractivity contribution in [3.63, 3.8) is 0 Å². The molecule has 1 N–H and O–H groups in total. The van der Waals surface area contributed by atoms with Gasteiger partial charge in [-0.25, -0.2) is 4.99 Å². The highest BCUT2D eigenvalue weighted by molar-refractivity contribution is 9.10. The van der Waals surface area contributed by atoms with Crippen molar-refractivity contribution in [2.75, 3.05) is 0 Å². The molecule has 0 unspecified atom stereocenters. The lowest BCUT2D eigenvalue weighted by molar-refractivity contribution is -0.115. The van der Waals surface area contributed by atoms with Gasteiger partial charge in [-0.3, -0.25) is 4.79 Å². The van der Waals surface area contributed by atoms with Crippen LogP contribution in [0.15, 0.2) is 87.2 Å². The van der Waals surface area contributed by atoms with Crippen LogP contribution in [0.4, 0.5) is 5.69 Å². The summed E-state index contributed by atoms with van der Waals surface area (Å²) >= 11 is 4.82. The summed E-state index contributed by atoms with van der Waals surface area (Å²) in [5, 5.41) is 3.39. The molecule has 6 heteroatoms. The molecule has 1 saturated heterocycles. The Morgan fingerprint density at radius 3 is 2.60 bits per heavy atom. The number of nitrogens with one attached hydrogen (secondary N) is 1. The maximum Gasteiger partial charge on any atom is 0.264 e. The number of carbonyl (C=O) groups is 1. The van der Waals surface area contributed by atoms with Crippen LogP contribution in [-0.2, 0) is 11.4 Å². The number of ether oxygens (including phenoxy) is 1. The van der Waals surface area contributed by atoms with Gasteiger partial charge in [0.05, 0.1) is 10.6 Å². The largest absolute Gasteiger partial charge is 0.488 e. The molecule has 0 bridgehead atoms. The quantitative estimate of drug-likeness (QED) is 0.442. The first kappa shape index (κ1) is 20.4. The van der Waals surface area contributed by atoms with E-state index in [0.717, 1.165) is 21.3 Å². The van der Waals surface area contributed by atoms with Gasteiger partial charge in [-0.2, -0.15) is 0 Å². The molecule has 0 saturated carbocycles. The number of rotatable bonds is 5. The summed E-state index contributed by atoms with van der Waals surface area (Å²) < 4.78 is 6.96. The highest BCUT2D eigenvalue weighted by Crippen LogP contribution is 2.32. The molecule has 1 heterocycles. The van der Waals surface area contributed by atoms with Gasteiger partial charge in [0.25, 0.3) is 5.91 Å². The Morgan fingerprint density at radius 1 is 1.07 bits per heavy atom. The molecule has 0 aliphatic carbocycles. The van der Waals surface area contributed by atoms with Crippen molar-refractivity contribution in [2.24, 2.45) is 4.99 Å². The maximum absolute atomic E-state index is 12.5. The highest BCUT2D eigenvalue weighted by atomic mass is 79.9. The van der Waals surface area contributed by atoms with Crippen LogP contribution < -0.4 is 10.1 Å². The summed E-state index contributed by atoms with van der Waals surface area (Å²) in [5.41, 5.74) is 3.93. The van der Waals surface area contributed by atoms with E-state index < -0.39 is 0 Å². The fraction of sp³-hybridized carbons (Fsp3) is 0.0833. The van der Waals surface area contributed by atoms with Crippen LogP contribution in [0.5, 0.6) is 5.75 Å². The van der Waals surface area contributed by atoms with Gasteiger partial charge in [0.1, 0.15) is 12.4 Å². The van der Waals surface area contributed by atoms with E-state index in [-0.39, 0.29) is 5.91 Å². The molecule has 0 spiro atoms. The zero-order valence-electron chi connectivity index (χ0n) is 16.3. The minimum atomic E-state index is -0.167. The van der Waals surface area contributed by atoms with Crippen LogP contribution in [0.1, 0.15) is 16.7 Å². The first-order valence-corrected chi connectivity index (χ1v) is 11.0. The first-order valence-electron chi connectivity index (χ1n) is 9.39. The number of aryl methyl sites for hydroxylation is 1. The number of thioether (sulfide) groups is 1. The van der Waals surface area contributed by atoms with E-state index in [1.54, 1.807) is 0 Å². The number of hydrogen-bond acceptors (Lipinski definition) is 4. The van der Waals surface area contributed by atoms with E-state index in [9.17, 15) is 4.79 Å². The van der Waals surface area contributed by atoms with Crippen LogP contribution >= 0.6 is 27.7 Å². The predicted molar refractivity (Wildman–Crippen MR) is 127 cm³/mol. The second-order valence-corrected chi connectivity index (χ2v) is 8.72. The minimum Gasteiger partial charge on any atom is -0.488 e. The Morgan fingerprint density at radius 2 is 1.83 bits per heavy atom. The lowest BCUT2D eigenvalue weighted by Gasteiger charge is -2.10. The van der Waals surface area contributed by atoms with Crippen molar-refractivity contribution >= 4 is 50.5 Å². The lowest BCUT2D eigenvalue weighted by Crippen LogP contribution is -2.19. The van der Waals surface area contributed by atoms with Crippen LogP contribution in [0.2, 0.25) is 0 Å². The summed E-state index contributed by atoms with van der Waals surface area (Å²) in [7, 11) is 0. The van der Waals surface area contributed by atoms with Gasteiger partial charge in [-0.05, 0) is 60.7 Å². The van der Waals surface area contributed by atoms with Gasteiger partial charge in [-0.15, -0.1) is 0 Å². The molecule has 3 aromatic carbocycles. The summed E-state index contributed by atoms with van der Waals surface area (Å²) in [6.07, 6.45) is 1.84. The molecule has 4 rings (SSSR count). The van der Waals surface area contributed by atoms with Crippen molar-refractivity contribution in [3.05, 3.63) is 98.9 Å². The molecule has 1 amide bonds. The Balaban J connectivity index is 1.55. The summed E-state index contributed by atoms with van der Waals surface area (Å²) in [4.78, 5) is 17.5. The Kier molecular flexibility index (Phi) is 6.35. The lowest BCUT2D eigenvalue weighted by atomic mass is 10.1. The zero-order valence-corrected chi connectivity index (χ0v) is 18.7. The highest BCUT2D eigenvalue weighted by Gasteiger charge is 2.24. The number of carbonyl (C=O) groups excluding carboxylic acids is 1. The third-order valence-corrected chi connectivity index (χ3v) is 5.81. The fourth-order valence-electron chi connectivity index (χ4n) is 2.85. The van der Waals surface area contributed by atoms with E-state index in [1.165, 1.54) is 17.3 Å². The number of amides is 1. The fourth-order valence-corrected chi connectivity index (χ4v) is 4.06. The Bertz CT molecular complexity index is 1130. The van der Waals surface area contributed by atoms with Crippen molar-refractivity contribution in [1.82, 2.24) is 5.32 Å². The third kappa shape index (κ3) is 5.20. The number of amidine groups is 1. The average molecular weight is 479 g/mol. The monoisotopic (exact) mass is 478 g/mol. The number of benzene rings is 3. The minimum absolute atomic E-state index is 0.167. The van der Waals surface area contributed by atoms with E-state index in [1.807, 2.05) is 54.6 Å². The van der Waals surface area contributed by atoms with E-state index in [4.69, 9.17) is 4.74 Å². The van der Waals surface area contributed by atoms with Gasteiger partial charge in [0.2, 0.25) is 0 Å². The summed E-state index contributed by atoms with van der Waals surface area (Å²) in [6, 6.07) is 23.6. The van der Waals surface area contributed by atoms with E-state index in [2.05, 4.69) is 57.4 Å². The van der Waals surface area contributed by atoms with Crippen LogP contribution in [0, 0.1) is 6.92 Å². The van der Waals surface area contributed by atoms with Gasteiger partial charge in [0.15, 0.2) is 5.17 Å². The maximum atomic E-state index is 12.5. The van der Waals surface area contributed by atoms with Crippen LogP contribution in [0.25, 0.3) is 6.08 Å². The molecular formula is C24H19BrN2O2S. The normalized spacial score (nSPS) is 16.1. The van der Waals surface area contributed by atoms with Crippen LogP contribution in [0.3, 0.4) is 0 Å². The number of nitrogens with zero attached hydrogens (tertiary/aromatic N) is 1. The molecule has 30 heavy (non-hydrogen) atoms. The number of hydrogen-bond donors (Lipinski definition) is 1. The second kappa shape index (κ2) is 9.32. The Labute approximate surface area is 188 Å². The molecule has 150 valence electrons. The van der Waals surface area contributed by atoms with Gasteiger partial charge < -0.3 is 10.1 Å². The topological polar surface area (TPSA) is 50.7 Å². The number of para-hydroxylation sites is 1. The third-order valence-electron chi connectivity index (χ3n) is 4.41. The smallest absolute Gasteiger partial charge is 0.264 e. The van der Waals surface area contributed by atoms with Crippen molar-refractivity contribution in [2.45, 2.75) is 13.5 Å². The zero-order chi connectivity index (χ0) is 20.9. The molecule has 1 fully saturated rings. The molecule has 1 aliphatic heterocycles. The summed E-state index contributed by atoms with van der Waals surface area (Å²) in [6.45, 7) is 2.52. The number of aliphatic imine (C=N–C) groups is 1. The molecule has 0 atom stereocenters. The van der Waals surface area contributed by atoms with Gasteiger partial charge in [-0.1, -0.05) is 64.0 Å². The molecular weight excluding hydrogens is 460 g/mol. The molecule has 0 aromatic heterocycles. The number of halogens is 1. The van der Waals surface area contributed by atoms with E-state index >= 15 is 0 Å². The van der Waals surface area contributed by atoms with Crippen molar-refractivity contribution < 1.29 is 9.53 Å². The standard InChI is InChI=1S/C24H19BrN2O2S/c1-16-7-9-17(10-8-16)15-29-21-12-11-19(25)13-18(21)14-22-23(28)27-24(30-22)26-20-5-3-2-4-6-20/h2-14H,15H2,1H3,(H,26,27,28)/b22-14-. The average Bonchev–Trinajstić information content (AvgIpc) is 3.08. The van der Waals surface area contributed by atoms with Gasteiger partial charge >= 0.3 is 0 Å².